The molecule has 1 amide bonds. The molecule has 1 unspecified atom stereocenters. The second-order valence-electron chi connectivity index (χ2n) is 4.10. The van der Waals surface area contributed by atoms with Crippen molar-refractivity contribution in [2.75, 3.05) is 20.2 Å². The van der Waals surface area contributed by atoms with E-state index in [9.17, 15) is 13.2 Å². The zero-order valence-corrected chi connectivity index (χ0v) is 11.5. The molecule has 1 aromatic rings. The molecule has 100 valence electrons. The minimum atomic E-state index is -3.73. The molecule has 2 heterocycles. The third-order valence-corrected chi connectivity index (χ3v) is 5.25. The predicted molar refractivity (Wildman–Crippen MR) is 67.0 cm³/mol. The molecule has 8 heteroatoms. The number of rotatable bonds is 3. The van der Waals surface area contributed by atoms with E-state index in [1.54, 1.807) is 12.0 Å². The molecule has 0 bridgehead atoms. The second kappa shape index (κ2) is 4.96. The number of carbonyl (C=O) groups excluding carboxylic acids is 1. The van der Waals surface area contributed by atoms with Crippen LogP contribution in [-0.2, 0) is 14.8 Å². The van der Waals surface area contributed by atoms with Crippen molar-refractivity contribution >= 4 is 27.3 Å². The number of thiophene rings is 1. The molecule has 1 aliphatic rings. The zero-order valence-electron chi connectivity index (χ0n) is 9.83. The highest BCUT2D eigenvalue weighted by molar-refractivity contribution is 7.91. The lowest BCUT2D eigenvalue weighted by Gasteiger charge is -2.14. The molecule has 1 saturated heterocycles. The maximum Gasteiger partial charge on any atom is 0.254 e. The smallest absolute Gasteiger partial charge is 0.254 e. The van der Waals surface area contributed by atoms with Crippen LogP contribution in [-0.4, -0.2) is 45.5 Å². The maximum absolute atomic E-state index is 12.1. The number of primary sulfonamides is 1. The van der Waals surface area contributed by atoms with Crippen molar-refractivity contribution in [1.29, 1.82) is 0 Å². The van der Waals surface area contributed by atoms with Crippen LogP contribution in [0.5, 0.6) is 0 Å². The van der Waals surface area contributed by atoms with Gasteiger partial charge >= 0.3 is 0 Å². The second-order valence-corrected chi connectivity index (χ2v) is 6.80. The van der Waals surface area contributed by atoms with Gasteiger partial charge in [-0.3, -0.25) is 4.79 Å². The Morgan fingerprint density at radius 1 is 1.61 bits per heavy atom. The van der Waals surface area contributed by atoms with Crippen LogP contribution >= 0.6 is 11.3 Å². The Morgan fingerprint density at radius 2 is 2.33 bits per heavy atom. The van der Waals surface area contributed by atoms with Crippen LogP contribution in [0.3, 0.4) is 0 Å². The number of amides is 1. The van der Waals surface area contributed by atoms with Gasteiger partial charge in [-0.15, -0.1) is 11.3 Å². The average molecular weight is 290 g/mol. The van der Waals surface area contributed by atoms with Gasteiger partial charge in [0.25, 0.3) is 5.91 Å². The SMILES string of the molecule is COC1CCN(C(=O)c2csc(S(N)(=O)=O)c2)C1. The van der Waals surface area contributed by atoms with Crippen molar-refractivity contribution < 1.29 is 17.9 Å². The van der Waals surface area contributed by atoms with Gasteiger partial charge in [-0.1, -0.05) is 0 Å². The number of ether oxygens (including phenoxy) is 1. The van der Waals surface area contributed by atoms with Crippen molar-refractivity contribution in [3.05, 3.63) is 17.0 Å². The van der Waals surface area contributed by atoms with Gasteiger partial charge in [-0.25, -0.2) is 13.6 Å². The normalized spacial score (nSPS) is 20.3. The Kier molecular flexibility index (Phi) is 3.71. The number of sulfonamides is 1. The Labute approximate surface area is 109 Å². The monoisotopic (exact) mass is 290 g/mol. The van der Waals surface area contributed by atoms with Crippen LogP contribution in [0, 0.1) is 0 Å². The quantitative estimate of drug-likeness (QED) is 0.864. The molecular formula is C10H14N2O4S2. The lowest BCUT2D eigenvalue weighted by molar-refractivity contribution is 0.0724. The fraction of sp³-hybridized carbons (Fsp3) is 0.500. The number of hydrogen-bond donors (Lipinski definition) is 1. The fourth-order valence-electron chi connectivity index (χ4n) is 1.87. The zero-order chi connectivity index (χ0) is 13.3. The Balaban J connectivity index is 2.13. The fourth-order valence-corrected chi connectivity index (χ4v) is 3.44. The number of nitrogens with zero attached hydrogens (tertiary/aromatic N) is 1. The van der Waals surface area contributed by atoms with Gasteiger partial charge in [0.2, 0.25) is 10.0 Å². The van der Waals surface area contributed by atoms with Crippen molar-refractivity contribution in [3.63, 3.8) is 0 Å². The van der Waals surface area contributed by atoms with Crippen LogP contribution in [0.1, 0.15) is 16.8 Å². The first kappa shape index (κ1) is 13.5. The molecule has 1 aliphatic heterocycles. The standard InChI is InChI=1S/C10H14N2O4S2/c1-16-8-2-3-12(5-8)10(13)7-4-9(17-6-7)18(11,14)15/h4,6,8H,2-3,5H2,1H3,(H2,11,14,15). The first-order chi connectivity index (χ1) is 8.41. The van der Waals surface area contributed by atoms with E-state index >= 15 is 0 Å². The van der Waals surface area contributed by atoms with Gasteiger partial charge in [-0.05, 0) is 12.5 Å². The largest absolute Gasteiger partial charge is 0.380 e. The summed E-state index contributed by atoms with van der Waals surface area (Å²) in [6.07, 6.45) is 0.860. The van der Waals surface area contributed by atoms with Gasteiger partial charge in [0, 0.05) is 25.6 Å². The van der Waals surface area contributed by atoms with E-state index in [4.69, 9.17) is 9.88 Å². The summed E-state index contributed by atoms with van der Waals surface area (Å²) in [7, 11) is -2.12. The molecule has 0 radical (unpaired) electrons. The predicted octanol–water partition coefficient (Wildman–Crippen LogP) is 0.256. The molecule has 1 fully saturated rings. The number of likely N-dealkylation sites (tertiary alicyclic amines) is 1. The van der Waals surface area contributed by atoms with Crippen molar-refractivity contribution in [3.8, 4) is 0 Å². The van der Waals surface area contributed by atoms with Crippen molar-refractivity contribution in [1.82, 2.24) is 4.90 Å². The van der Waals surface area contributed by atoms with Gasteiger partial charge in [0.1, 0.15) is 4.21 Å². The van der Waals surface area contributed by atoms with E-state index in [0.717, 1.165) is 17.8 Å². The molecule has 1 aromatic heterocycles. The van der Waals surface area contributed by atoms with Crippen LogP contribution in [0.4, 0.5) is 0 Å². The summed E-state index contributed by atoms with van der Waals surface area (Å²) in [6, 6.07) is 1.32. The molecule has 0 saturated carbocycles. The molecule has 2 rings (SSSR count). The van der Waals surface area contributed by atoms with Crippen molar-refractivity contribution in [2.45, 2.75) is 16.7 Å². The highest BCUT2D eigenvalue weighted by atomic mass is 32.2. The summed E-state index contributed by atoms with van der Waals surface area (Å²) in [5, 5.41) is 6.52. The maximum atomic E-state index is 12.1. The van der Waals surface area contributed by atoms with E-state index in [2.05, 4.69) is 0 Å². The van der Waals surface area contributed by atoms with Crippen LogP contribution in [0.25, 0.3) is 0 Å². The van der Waals surface area contributed by atoms with E-state index in [0.29, 0.717) is 18.7 Å². The summed E-state index contributed by atoms with van der Waals surface area (Å²) in [5.41, 5.74) is 0.362. The Hall–Kier alpha value is -0.960. The van der Waals surface area contributed by atoms with E-state index in [-0.39, 0.29) is 16.2 Å². The number of carbonyl (C=O) groups is 1. The molecular weight excluding hydrogens is 276 g/mol. The molecule has 0 spiro atoms. The highest BCUT2D eigenvalue weighted by Crippen LogP contribution is 2.22. The van der Waals surface area contributed by atoms with Gasteiger partial charge in [-0.2, -0.15) is 0 Å². The summed E-state index contributed by atoms with van der Waals surface area (Å²) in [6.45, 7) is 1.16. The Morgan fingerprint density at radius 3 is 2.83 bits per heavy atom. The number of hydrogen-bond acceptors (Lipinski definition) is 5. The van der Waals surface area contributed by atoms with Gasteiger partial charge in [0.05, 0.1) is 11.7 Å². The molecule has 1 atom stereocenters. The average Bonchev–Trinajstić information content (AvgIpc) is 2.96. The molecule has 0 aromatic carbocycles. The minimum Gasteiger partial charge on any atom is -0.380 e. The first-order valence-electron chi connectivity index (χ1n) is 5.35. The van der Waals surface area contributed by atoms with Gasteiger partial charge in [0.15, 0.2) is 0 Å². The third-order valence-electron chi connectivity index (χ3n) is 2.87. The van der Waals surface area contributed by atoms with Crippen molar-refractivity contribution in [2.24, 2.45) is 5.14 Å². The molecule has 2 N–H and O–H groups in total. The van der Waals surface area contributed by atoms with E-state index < -0.39 is 10.0 Å². The molecule has 6 nitrogen and oxygen atoms in total. The van der Waals surface area contributed by atoms with Crippen LogP contribution < -0.4 is 5.14 Å². The van der Waals surface area contributed by atoms with Crippen LogP contribution in [0.2, 0.25) is 0 Å². The lowest BCUT2D eigenvalue weighted by Crippen LogP contribution is -2.29. The van der Waals surface area contributed by atoms with Gasteiger partial charge < -0.3 is 9.64 Å². The molecule has 18 heavy (non-hydrogen) atoms. The first-order valence-corrected chi connectivity index (χ1v) is 7.78. The summed E-state index contributed by atoms with van der Waals surface area (Å²) >= 11 is 0.958. The van der Waals surface area contributed by atoms with E-state index in [1.165, 1.54) is 11.4 Å². The molecule has 0 aliphatic carbocycles. The summed E-state index contributed by atoms with van der Waals surface area (Å²) < 4.78 is 27.5. The lowest BCUT2D eigenvalue weighted by atomic mass is 10.3. The third kappa shape index (κ3) is 2.72. The Bertz CT molecular complexity index is 552. The number of nitrogens with two attached hydrogens (primary N) is 1. The van der Waals surface area contributed by atoms with Crippen LogP contribution in [0.15, 0.2) is 15.7 Å². The highest BCUT2D eigenvalue weighted by Gasteiger charge is 2.27. The summed E-state index contributed by atoms with van der Waals surface area (Å²) in [5.74, 6) is -0.180. The topological polar surface area (TPSA) is 89.7 Å². The van der Waals surface area contributed by atoms with E-state index in [1.807, 2.05) is 0 Å². The minimum absolute atomic E-state index is 0.00772. The summed E-state index contributed by atoms with van der Waals surface area (Å²) in [4.78, 5) is 13.7. The number of methoxy groups -OCH3 is 1.